The minimum atomic E-state index is -0.513. The van der Waals surface area contributed by atoms with Gasteiger partial charge in [-0.2, -0.15) is 0 Å². The summed E-state index contributed by atoms with van der Waals surface area (Å²) in [5.74, 6) is 0.533. The lowest BCUT2D eigenvalue weighted by atomic mass is 10.3. The quantitative estimate of drug-likeness (QED) is 0.536. The number of ether oxygens (including phenoxy) is 1. The SMILES string of the molecule is Cc1cccc2nc(C(=O)OCc3cc(-c4ccco4)on3)cn12. The maximum absolute atomic E-state index is 12.2. The maximum Gasteiger partial charge on any atom is 0.358 e. The Morgan fingerprint density at radius 3 is 2.96 bits per heavy atom. The summed E-state index contributed by atoms with van der Waals surface area (Å²) in [5, 5.41) is 3.86. The van der Waals surface area contributed by atoms with Gasteiger partial charge in [-0.1, -0.05) is 11.2 Å². The van der Waals surface area contributed by atoms with E-state index in [-0.39, 0.29) is 12.3 Å². The Hall–Kier alpha value is -3.35. The molecule has 0 bridgehead atoms. The van der Waals surface area contributed by atoms with Crippen molar-refractivity contribution < 1.29 is 18.5 Å². The molecule has 0 spiro atoms. The van der Waals surface area contributed by atoms with Gasteiger partial charge in [0.2, 0.25) is 5.76 Å². The molecular weight excluding hydrogens is 310 g/mol. The molecule has 7 nitrogen and oxygen atoms in total. The average molecular weight is 323 g/mol. The normalized spacial score (nSPS) is 11.0. The van der Waals surface area contributed by atoms with Crippen molar-refractivity contribution in [3.63, 3.8) is 0 Å². The highest BCUT2D eigenvalue weighted by molar-refractivity contribution is 5.88. The summed E-state index contributed by atoms with van der Waals surface area (Å²) in [4.78, 5) is 16.4. The largest absolute Gasteiger partial charge is 0.461 e. The number of imidazole rings is 1. The van der Waals surface area contributed by atoms with Crippen LogP contribution in [-0.2, 0) is 11.3 Å². The Bertz CT molecular complexity index is 998. The first-order chi connectivity index (χ1) is 11.7. The van der Waals surface area contributed by atoms with Crippen molar-refractivity contribution in [1.29, 1.82) is 0 Å². The first kappa shape index (κ1) is 14.3. The fraction of sp³-hybridized carbons (Fsp3) is 0.118. The van der Waals surface area contributed by atoms with Gasteiger partial charge in [-0.3, -0.25) is 0 Å². The van der Waals surface area contributed by atoms with Gasteiger partial charge in [0, 0.05) is 18.0 Å². The number of aryl methyl sites for hydroxylation is 1. The number of pyridine rings is 1. The van der Waals surface area contributed by atoms with Gasteiger partial charge >= 0.3 is 5.97 Å². The van der Waals surface area contributed by atoms with Gasteiger partial charge < -0.3 is 18.1 Å². The van der Waals surface area contributed by atoms with E-state index in [0.29, 0.717) is 22.9 Å². The van der Waals surface area contributed by atoms with Gasteiger partial charge in [-0.25, -0.2) is 9.78 Å². The second-order valence-corrected chi connectivity index (χ2v) is 5.26. The Kier molecular flexibility index (Phi) is 3.38. The molecule has 7 heteroatoms. The molecule has 0 aliphatic rings. The highest BCUT2D eigenvalue weighted by Crippen LogP contribution is 2.21. The molecule has 0 saturated heterocycles. The van der Waals surface area contributed by atoms with Crippen LogP contribution in [0.5, 0.6) is 0 Å². The molecule has 120 valence electrons. The van der Waals surface area contributed by atoms with Gasteiger partial charge in [-0.15, -0.1) is 0 Å². The molecule has 0 amide bonds. The van der Waals surface area contributed by atoms with Crippen molar-refractivity contribution >= 4 is 11.6 Å². The molecule has 4 heterocycles. The first-order valence-corrected chi connectivity index (χ1v) is 7.32. The smallest absolute Gasteiger partial charge is 0.358 e. The molecule has 0 saturated carbocycles. The highest BCUT2D eigenvalue weighted by atomic mass is 16.5. The molecule has 4 rings (SSSR count). The van der Waals surface area contributed by atoms with Crippen molar-refractivity contribution in [2.45, 2.75) is 13.5 Å². The van der Waals surface area contributed by atoms with E-state index in [0.717, 1.165) is 5.69 Å². The van der Waals surface area contributed by atoms with Gasteiger partial charge in [-0.05, 0) is 31.2 Å². The van der Waals surface area contributed by atoms with Crippen molar-refractivity contribution in [1.82, 2.24) is 14.5 Å². The fourth-order valence-corrected chi connectivity index (χ4v) is 2.37. The number of nitrogens with zero attached hydrogens (tertiary/aromatic N) is 3. The molecule has 0 radical (unpaired) electrons. The first-order valence-electron chi connectivity index (χ1n) is 7.32. The van der Waals surface area contributed by atoms with E-state index in [1.54, 1.807) is 30.7 Å². The third kappa shape index (κ3) is 2.56. The third-order valence-corrected chi connectivity index (χ3v) is 3.58. The lowest BCUT2D eigenvalue weighted by molar-refractivity contribution is 0.0458. The predicted molar refractivity (Wildman–Crippen MR) is 83.3 cm³/mol. The molecule has 0 unspecified atom stereocenters. The van der Waals surface area contributed by atoms with Crippen LogP contribution in [0.25, 0.3) is 17.2 Å². The summed E-state index contributed by atoms with van der Waals surface area (Å²) in [6.07, 6.45) is 3.20. The van der Waals surface area contributed by atoms with E-state index in [4.69, 9.17) is 13.7 Å². The van der Waals surface area contributed by atoms with Gasteiger partial charge in [0.25, 0.3) is 0 Å². The van der Waals surface area contributed by atoms with Crippen molar-refractivity contribution in [2.24, 2.45) is 0 Å². The number of esters is 1. The monoisotopic (exact) mass is 323 g/mol. The van der Waals surface area contributed by atoms with Crippen LogP contribution in [0.2, 0.25) is 0 Å². The van der Waals surface area contributed by atoms with E-state index in [9.17, 15) is 4.79 Å². The minimum Gasteiger partial charge on any atom is -0.461 e. The van der Waals surface area contributed by atoms with Crippen LogP contribution in [0.4, 0.5) is 0 Å². The molecular formula is C17H13N3O4. The molecule has 4 aromatic rings. The number of carbonyl (C=O) groups excluding carboxylic acids is 1. The molecule has 0 aliphatic heterocycles. The van der Waals surface area contributed by atoms with Crippen LogP contribution in [-0.4, -0.2) is 20.5 Å². The summed E-state index contributed by atoms with van der Waals surface area (Å²) < 4.78 is 17.5. The zero-order chi connectivity index (χ0) is 16.5. The minimum absolute atomic E-state index is 0.00407. The number of aromatic nitrogens is 3. The molecule has 0 atom stereocenters. The molecule has 0 fully saturated rings. The second-order valence-electron chi connectivity index (χ2n) is 5.26. The Labute approximate surface area is 136 Å². The van der Waals surface area contributed by atoms with Crippen molar-refractivity contribution in [2.75, 3.05) is 0 Å². The molecule has 0 aromatic carbocycles. The summed E-state index contributed by atoms with van der Waals surface area (Å²) in [5.41, 5.74) is 2.43. The van der Waals surface area contributed by atoms with Crippen LogP contribution >= 0.6 is 0 Å². The maximum atomic E-state index is 12.2. The topological polar surface area (TPSA) is 82.8 Å². The van der Waals surface area contributed by atoms with Gasteiger partial charge in [0.05, 0.1) is 6.26 Å². The summed E-state index contributed by atoms with van der Waals surface area (Å²) in [6.45, 7) is 1.94. The molecule has 0 aliphatic carbocycles. The predicted octanol–water partition coefficient (Wildman–Crippen LogP) is 3.25. The zero-order valence-electron chi connectivity index (χ0n) is 12.8. The number of hydrogen-bond acceptors (Lipinski definition) is 6. The highest BCUT2D eigenvalue weighted by Gasteiger charge is 2.15. The van der Waals surface area contributed by atoms with E-state index < -0.39 is 5.97 Å². The fourth-order valence-electron chi connectivity index (χ4n) is 2.37. The number of rotatable bonds is 4. The van der Waals surface area contributed by atoms with E-state index in [1.165, 1.54) is 0 Å². The van der Waals surface area contributed by atoms with Crippen LogP contribution < -0.4 is 0 Å². The summed E-state index contributed by atoms with van der Waals surface area (Å²) in [7, 11) is 0. The Morgan fingerprint density at radius 2 is 2.17 bits per heavy atom. The van der Waals surface area contributed by atoms with Crippen molar-refractivity contribution in [3.05, 3.63) is 65.9 Å². The lowest BCUT2D eigenvalue weighted by Crippen LogP contribution is -2.05. The number of fused-ring (bicyclic) bond motifs is 1. The van der Waals surface area contributed by atoms with Gasteiger partial charge in [0.15, 0.2) is 11.5 Å². The second kappa shape index (κ2) is 5.69. The number of hydrogen-bond donors (Lipinski definition) is 0. The Morgan fingerprint density at radius 1 is 1.25 bits per heavy atom. The molecule has 24 heavy (non-hydrogen) atoms. The lowest BCUT2D eigenvalue weighted by Gasteiger charge is -1.98. The number of furan rings is 1. The van der Waals surface area contributed by atoms with Crippen LogP contribution in [0, 0.1) is 6.92 Å². The average Bonchev–Trinajstić information content (AvgIpc) is 3.31. The third-order valence-electron chi connectivity index (χ3n) is 3.58. The van der Waals surface area contributed by atoms with Crippen molar-refractivity contribution in [3.8, 4) is 11.5 Å². The standard InChI is InChI=1S/C17H13N3O4/c1-11-4-2-6-16-18-13(9-20(11)16)17(21)23-10-12-8-15(24-19-12)14-5-3-7-22-14/h2-9H,10H2,1H3. The van der Waals surface area contributed by atoms with E-state index in [1.807, 2.05) is 29.5 Å². The Balaban J connectivity index is 1.47. The van der Waals surface area contributed by atoms with Gasteiger partial charge in [0.1, 0.15) is 17.9 Å². The van der Waals surface area contributed by atoms with E-state index in [2.05, 4.69) is 10.1 Å². The summed E-state index contributed by atoms with van der Waals surface area (Å²) in [6, 6.07) is 10.8. The molecule has 4 aromatic heterocycles. The van der Waals surface area contributed by atoms with Crippen LogP contribution in [0.15, 0.2) is 57.8 Å². The summed E-state index contributed by atoms with van der Waals surface area (Å²) >= 11 is 0. The number of carbonyl (C=O) groups is 1. The molecule has 0 N–H and O–H groups in total. The zero-order valence-corrected chi connectivity index (χ0v) is 12.8. The van der Waals surface area contributed by atoms with Crippen LogP contribution in [0.1, 0.15) is 21.9 Å². The van der Waals surface area contributed by atoms with E-state index >= 15 is 0 Å². The van der Waals surface area contributed by atoms with Crippen LogP contribution in [0.3, 0.4) is 0 Å².